The second-order valence-electron chi connectivity index (χ2n) is 9.10. The van der Waals surface area contributed by atoms with Crippen molar-refractivity contribution in [2.24, 2.45) is 0 Å². The van der Waals surface area contributed by atoms with Crippen LogP contribution in [0.3, 0.4) is 0 Å². The van der Waals surface area contributed by atoms with Gasteiger partial charge >= 0.3 is 0 Å². The fourth-order valence-corrected chi connectivity index (χ4v) is 6.66. The van der Waals surface area contributed by atoms with Gasteiger partial charge in [0.25, 0.3) is 5.91 Å². The van der Waals surface area contributed by atoms with E-state index in [2.05, 4.69) is 4.90 Å². The van der Waals surface area contributed by atoms with Crippen molar-refractivity contribution in [3.05, 3.63) is 48.0 Å². The van der Waals surface area contributed by atoms with Gasteiger partial charge in [-0.3, -0.25) is 9.69 Å². The summed E-state index contributed by atoms with van der Waals surface area (Å²) in [4.78, 5) is 22.4. The van der Waals surface area contributed by atoms with Crippen LogP contribution < -0.4 is 9.64 Å². The molecule has 3 rings (SSSR count). The highest BCUT2D eigenvalue weighted by Crippen LogP contribution is 2.32. The molecule has 0 aliphatic rings. The van der Waals surface area contributed by atoms with Gasteiger partial charge in [0, 0.05) is 25.2 Å². The van der Waals surface area contributed by atoms with E-state index >= 15 is 0 Å². The highest BCUT2D eigenvalue weighted by Gasteiger charge is 2.25. The molecular weight excluding hydrogens is 508 g/mol. The Bertz CT molecular complexity index is 1270. The summed E-state index contributed by atoms with van der Waals surface area (Å²) < 4.78 is 34.3. The Labute approximate surface area is 224 Å². The molecule has 10 heteroatoms. The molecule has 37 heavy (non-hydrogen) atoms. The lowest BCUT2D eigenvalue weighted by atomic mass is 10.2. The Morgan fingerprint density at radius 3 is 2.22 bits per heavy atom. The van der Waals surface area contributed by atoms with Gasteiger partial charge in [-0.25, -0.2) is 13.4 Å². The highest BCUT2D eigenvalue weighted by molar-refractivity contribution is 7.89. The quantitative estimate of drug-likeness (QED) is 0.280. The standard InChI is InChI=1S/C27H38N4O4S2/c1-6-16-30(17-7-2)37(33,34)23-13-10-21(11-14-23)26(32)31(19-9-18-29(4)5)27-28-24-15-12-22(35-8-3)20-25(24)36-27/h10-15,20H,6-9,16-19H2,1-5H3. The summed E-state index contributed by atoms with van der Waals surface area (Å²) in [6.45, 7) is 8.70. The first-order valence-corrected chi connectivity index (χ1v) is 15.1. The second kappa shape index (κ2) is 13.3. The maximum Gasteiger partial charge on any atom is 0.260 e. The molecule has 8 nitrogen and oxygen atoms in total. The predicted molar refractivity (Wildman–Crippen MR) is 151 cm³/mol. The van der Waals surface area contributed by atoms with Crippen molar-refractivity contribution >= 4 is 42.6 Å². The number of amides is 1. The van der Waals surface area contributed by atoms with Gasteiger partial charge in [0.15, 0.2) is 5.13 Å². The molecular formula is C27H38N4O4S2. The third-order valence-corrected chi connectivity index (χ3v) is 8.76. The van der Waals surface area contributed by atoms with E-state index in [9.17, 15) is 13.2 Å². The molecule has 0 atom stereocenters. The average molecular weight is 547 g/mol. The van der Waals surface area contributed by atoms with Crippen molar-refractivity contribution in [1.82, 2.24) is 14.2 Å². The zero-order valence-corrected chi connectivity index (χ0v) is 24.1. The molecule has 0 saturated heterocycles. The zero-order chi connectivity index (χ0) is 27.0. The van der Waals surface area contributed by atoms with Crippen LogP contribution in [0.25, 0.3) is 10.2 Å². The van der Waals surface area contributed by atoms with Crippen molar-refractivity contribution in [1.29, 1.82) is 0 Å². The van der Waals surface area contributed by atoms with E-state index in [1.165, 1.54) is 27.8 Å². The lowest BCUT2D eigenvalue weighted by Gasteiger charge is -2.22. The van der Waals surface area contributed by atoms with Gasteiger partial charge in [-0.2, -0.15) is 4.31 Å². The number of sulfonamides is 1. The van der Waals surface area contributed by atoms with E-state index in [4.69, 9.17) is 9.72 Å². The topological polar surface area (TPSA) is 83.1 Å². The molecule has 1 amide bonds. The average Bonchev–Trinajstić information content (AvgIpc) is 3.29. The maximum absolute atomic E-state index is 13.7. The van der Waals surface area contributed by atoms with Crippen LogP contribution >= 0.6 is 11.3 Å². The van der Waals surface area contributed by atoms with E-state index < -0.39 is 10.0 Å². The summed E-state index contributed by atoms with van der Waals surface area (Å²) in [5.41, 5.74) is 1.23. The number of thiazole rings is 1. The number of carbonyl (C=O) groups is 1. The molecule has 0 radical (unpaired) electrons. The molecule has 0 fully saturated rings. The molecule has 0 aliphatic heterocycles. The molecule has 1 heterocycles. The van der Waals surface area contributed by atoms with Crippen LogP contribution in [0.1, 0.15) is 50.4 Å². The van der Waals surface area contributed by atoms with Gasteiger partial charge in [0.1, 0.15) is 5.75 Å². The second-order valence-corrected chi connectivity index (χ2v) is 12.0. The van der Waals surface area contributed by atoms with Crippen molar-refractivity contribution in [2.75, 3.05) is 51.8 Å². The van der Waals surface area contributed by atoms with Crippen LogP contribution in [0.2, 0.25) is 0 Å². The van der Waals surface area contributed by atoms with Crippen LogP contribution in [0.15, 0.2) is 47.4 Å². The minimum Gasteiger partial charge on any atom is -0.494 e. The Morgan fingerprint density at radius 2 is 1.62 bits per heavy atom. The fourth-order valence-electron chi connectivity index (χ4n) is 4.02. The minimum absolute atomic E-state index is 0.202. The summed E-state index contributed by atoms with van der Waals surface area (Å²) in [6, 6.07) is 12.0. The molecule has 0 N–H and O–H groups in total. The Morgan fingerprint density at radius 1 is 0.946 bits per heavy atom. The molecule has 0 spiro atoms. The van der Waals surface area contributed by atoms with Gasteiger partial charge in [-0.1, -0.05) is 25.2 Å². The van der Waals surface area contributed by atoms with Crippen molar-refractivity contribution < 1.29 is 17.9 Å². The van der Waals surface area contributed by atoms with E-state index in [-0.39, 0.29) is 10.8 Å². The van der Waals surface area contributed by atoms with Crippen LogP contribution in [0.5, 0.6) is 5.75 Å². The first kappa shape index (κ1) is 29.0. The molecule has 0 saturated carbocycles. The Kier molecular flexibility index (Phi) is 10.5. The van der Waals surface area contributed by atoms with Gasteiger partial charge < -0.3 is 9.64 Å². The Balaban J connectivity index is 1.90. The molecule has 0 unspecified atom stereocenters. The van der Waals surface area contributed by atoms with E-state index in [1.54, 1.807) is 17.0 Å². The molecule has 202 valence electrons. The summed E-state index contributed by atoms with van der Waals surface area (Å²) in [6.07, 6.45) is 2.26. The molecule has 2 aromatic carbocycles. The van der Waals surface area contributed by atoms with Crippen LogP contribution in [-0.2, 0) is 10.0 Å². The van der Waals surface area contributed by atoms with Gasteiger partial charge in [0.05, 0.1) is 21.7 Å². The number of ether oxygens (including phenoxy) is 1. The summed E-state index contributed by atoms with van der Waals surface area (Å²) in [5, 5.41) is 0.612. The summed E-state index contributed by atoms with van der Waals surface area (Å²) in [5.74, 6) is 0.568. The van der Waals surface area contributed by atoms with Gasteiger partial charge in [-0.05, 0) is 89.3 Å². The minimum atomic E-state index is -3.61. The number of hydrogen-bond donors (Lipinski definition) is 0. The van der Waals surface area contributed by atoms with Crippen molar-refractivity contribution in [2.45, 2.75) is 44.9 Å². The van der Waals surface area contributed by atoms with Crippen LogP contribution in [0.4, 0.5) is 5.13 Å². The number of hydrogen-bond acceptors (Lipinski definition) is 7. The normalized spacial score (nSPS) is 12.0. The molecule has 0 bridgehead atoms. The van der Waals surface area contributed by atoms with Crippen molar-refractivity contribution in [3.8, 4) is 5.75 Å². The van der Waals surface area contributed by atoms with Crippen LogP contribution in [0, 0.1) is 0 Å². The number of benzene rings is 2. The zero-order valence-electron chi connectivity index (χ0n) is 22.4. The maximum atomic E-state index is 13.7. The smallest absolute Gasteiger partial charge is 0.260 e. The first-order valence-electron chi connectivity index (χ1n) is 12.8. The van der Waals surface area contributed by atoms with E-state index in [1.807, 2.05) is 53.1 Å². The lowest BCUT2D eigenvalue weighted by Crippen LogP contribution is -2.34. The number of carbonyl (C=O) groups excluding carboxylic acids is 1. The molecule has 0 aliphatic carbocycles. The Hall–Kier alpha value is -2.53. The SMILES string of the molecule is CCCN(CCC)S(=O)(=O)c1ccc(C(=O)N(CCCN(C)C)c2nc3ccc(OCC)cc3s2)cc1. The number of rotatable bonds is 14. The number of fused-ring (bicyclic) bond motifs is 1. The summed E-state index contributed by atoms with van der Waals surface area (Å²) in [7, 11) is 0.388. The lowest BCUT2D eigenvalue weighted by molar-refractivity contribution is 0.0986. The van der Waals surface area contributed by atoms with Crippen LogP contribution in [-0.4, -0.2) is 75.4 Å². The molecule has 3 aromatic rings. The largest absolute Gasteiger partial charge is 0.494 e. The van der Waals surface area contributed by atoms with E-state index in [0.29, 0.717) is 36.9 Å². The number of anilines is 1. The summed E-state index contributed by atoms with van der Waals surface area (Å²) >= 11 is 1.45. The predicted octanol–water partition coefficient (Wildman–Crippen LogP) is 5.10. The third-order valence-electron chi connectivity index (χ3n) is 5.81. The van der Waals surface area contributed by atoms with Gasteiger partial charge in [-0.15, -0.1) is 0 Å². The first-order chi connectivity index (χ1) is 17.7. The molecule has 1 aromatic heterocycles. The number of aromatic nitrogens is 1. The number of nitrogens with zero attached hydrogens (tertiary/aromatic N) is 4. The van der Waals surface area contributed by atoms with E-state index in [0.717, 1.165) is 41.8 Å². The fraction of sp³-hybridized carbons (Fsp3) is 0.481. The highest BCUT2D eigenvalue weighted by atomic mass is 32.2. The third kappa shape index (κ3) is 7.28. The van der Waals surface area contributed by atoms with Crippen molar-refractivity contribution in [3.63, 3.8) is 0 Å². The monoisotopic (exact) mass is 546 g/mol. The van der Waals surface area contributed by atoms with Gasteiger partial charge in [0.2, 0.25) is 10.0 Å².